The molecule has 0 fully saturated rings. The standard InChI is InChI=1S/C14H15Cl2N3/c1-2-5-19-14(10-7-17-9-18-8-10)12-4-3-11(15)6-13(12)16/h3-4,6-9,14,19H,2,5H2,1H3. The molecule has 3 nitrogen and oxygen atoms in total. The largest absolute Gasteiger partial charge is 0.306 e. The number of nitrogens with one attached hydrogen (secondary N) is 1. The Balaban J connectivity index is 2.37. The van der Waals surface area contributed by atoms with Crippen LogP contribution in [-0.2, 0) is 0 Å². The second kappa shape index (κ2) is 6.85. The van der Waals surface area contributed by atoms with Gasteiger partial charge in [0.2, 0.25) is 0 Å². The number of benzene rings is 1. The molecule has 2 rings (SSSR count). The number of halogens is 2. The molecule has 1 N–H and O–H groups in total. The summed E-state index contributed by atoms with van der Waals surface area (Å²) in [5, 5.41) is 4.73. The lowest BCUT2D eigenvalue weighted by molar-refractivity contribution is 0.595. The summed E-state index contributed by atoms with van der Waals surface area (Å²) in [6, 6.07) is 5.51. The van der Waals surface area contributed by atoms with Gasteiger partial charge < -0.3 is 5.32 Å². The van der Waals surface area contributed by atoms with E-state index in [2.05, 4.69) is 22.2 Å². The highest BCUT2D eigenvalue weighted by atomic mass is 35.5. The third-order valence-electron chi connectivity index (χ3n) is 2.79. The van der Waals surface area contributed by atoms with Crippen molar-refractivity contribution in [3.63, 3.8) is 0 Å². The lowest BCUT2D eigenvalue weighted by atomic mass is 10.0. The molecule has 0 radical (unpaired) electrons. The fourth-order valence-corrected chi connectivity index (χ4v) is 2.41. The molecule has 0 bridgehead atoms. The average molecular weight is 296 g/mol. The first kappa shape index (κ1) is 14.3. The number of nitrogens with zero attached hydrogens (tertiary/aromatic N) is 2. The van der Waals surface area contributed by atoms with Crippen LogP contribution in [0.3, 0.4) is 0 Å². The first-order valence-electron chi connectivity index (χ1n) is 6.15. The van der Waals surface area contributed by atoms with Gasteiger partial charge in [-0.25, -0.2) is 9.97 Å². The average Bonchev–Trinajstić information content (AvgIpc) is 2.42. The lowest BCUT2D eigenvalue weighted by Crippen LogP contribution is -2.23. The Morgan fingerprint density at radius 1 is 1.21 bits per heavy atom. The molecule has 0 saturated heterocycles. The van der Waals surface area contributed by atoms with E-state index in [1.54, 1.807) is 18.5 Å². The second-order valence-corrected chi connectivity index (χ2v) is 5.07. The van der Waals surface area contributed by atoms with E-state index in [0.717, 1.165) is 24.1 Å². The van der Waals surface area contributed by atoms with E-state index < -0.39 is 0 Å². The maximum absolute atomic E-state index is 6.29. The summed E-state index contributed by atoms with van der Waals surface area (Å²) < 4.78 is 0. The van der Waals surface area contributed by atoms with Crippen molar-refractivity contribution >= 4 is 23.2 Å². The molecule has 1 unspecified atom stereocenters. The van der Waals surface area contributed by atoms with Crippen molar-refractivity contribution in [1.82, 2.24) is 15.3 Å². The smallest absolute Gasteiger partial charge is 0.115 e. The highest BCUT2D eigenvalue weighted by Crippen LogP contribution is 2.29. The van der Waals surface area contributed by atoms with E-state index in [1.165, 1.54) is 6.33 Å². The van der Waals surface area contributed by atoms with E-state index in [0.29, 0.717) is 10.0 Å². The molecule has 5 heteroatoms. The molecule has 0 aliphatic rings. The highest BCUT2D eigenvalue weighted by Gasteiger charge is 2.17. The SMILES string of the molecule is CCCNC(c1cncnc1)c1ccc(Cl)cc1Cl. The van der Waals surface area contributed by atoms with Gasteiger partial charge in [-0.1, -0.05) is 36.2 Å². The predicted octanol–water partition coefficient (Wildman–Crippen LogP) is 3.87. The molecule has 2 aromatic rings. The third-order valence-corrected chi connectivity index (χ3v) is 3.35. The van der Waals surface area contributed by atoms with Crippen LogP contribution in [0.1, 0.15) is 30.5 Å². The lowest BCUT2D eigenvalue weighted by Gasteiger charge is -2.20. The molecule has 19 heavy (non-hydrogen) atoms. The molecular formula is C14H15Cl2N3. The van der Waals surface area contributed by atoms with Crippen LogP contribution in [0.15, 0.2) is 36.9 Å². The molecule has 1 aromatic heterocycles. The minimum Gasteiger partial charge on any atom is -0.306 e. The van der Waals surface area contributed by atoms with Gasteiger partial charge in [0, 0.05) is 28.0 Å². The minimum absolute atomic E-state index is 0.0223. The van der Waals surface area contributed by atoms with E-state index in [-0.39, 0.29) is 6.04 Å². The van der Waals surface area contributed by atoms with E-state index >= 15 is 0 Å². The van der Waals surface area contributed by atoms with Crippen molar-refractivity contribution in [1.29, 1.82) is 0 Å². The van der Waals surface area contributed by atoms with E-state index in [9.17, 15) is 0 Å². The van der Waals surface area contributed by atoms with Crippen molar-refractivity contribution in [2.45, 2.75) is 19.4 Å². The number of hydrogen-bond acceptors (Lipinski definition) is 3. The molecule has 0 spiro atoms. The summed E-state index contributed by atoms with van der Waals surface area (Å²) in [7, 11) is 0. The van der Waals surface area contributed by atoms with Gasteiger partial charge in [-0.05, 0) is 30.7 Å². The fourth-order valence-electron chi connectivity index (χ4n) is 1.89. The second-order valence-electron chi connectivity index (χ2n) is 4.22. The van der Waals surface area contributed by atoms with Crippen LogP contribution in [0.5, 0.6) is 0 Å². The Morgan fingerprint density at radius 2 is 1.95 bits per heavy atom. The quantitative estimate of drug-likeness (QED) is 0.910. The molecule has 0 amide bonds. The normalized spacial score (nSPS) is 12.4. The minimum atomic E-state index is -0.0223. The Hall–Kier alpha value is -1.16. The molecular weight excluding hydrogens is 281 g/mol. The van der Waals surface area contributed by atoms with Crippen LogP contribution in [0.4, 0.5) is 0 Å². The van der Waals surface area contributed by atoms with E-state index in [4.69, 9.17) is 23.2 Å². The zero-order valence-electron chi connectivity index (χ0n) is 10.6. The number of aromatic nitrogens is 2. The zero-order chi connectivity index (χ0) is 13.7. The predicted molar refractivity (Wildman–Crippen MR) is 78.6 cm³/mol. The molecule has 100 valence electrons. The highest BCUT2D eigenvalue weighted by molar-refractivity contribution is 6.35. The molecule has 1 aromatic carbocycles. The Kier molecular flexibility index (Phi) is 5.14. The Bertz CT molecular complexity index is 531. The molecule has 0 saturated carbocycles. The van der Waals surface area contributed by atoms with Gasteiger partial charge in [-0.3, -0.25) is 0 Å². The maximum Gasteiger partial charge on any atom is 0.115 e. The summed E-state index contributed by atoms with van der Waals surface area (Å²) in [5.41, 5.74) is 1.97. The van der Waals surface area contributed by atoms with Crippen LogP contribution in [-0.4, -0.2) is 16.5 Å². The summed E-state index contributed by atoms with van der Waals surface area (Å²) >= 11 is 12.2. The Morgan fingerprint density at radius 3 is 2.58 bits per heavy atom. The molecule has 0 aliphatic heterocycles. The van der Waals surface area contributed by atoms with Gasteiger partial charge in [0.05, 0.1) is 6.04 Å². The van der Waals surface area contributed by atoms with Gasteiger partial charge in [0.15, 0.2) is 0 Å². The van der Waals surface area contributed by atoms with Crippen molar-refractivity contribution in [2.24, 2.45) is 0 Å². The summed E-state index contributed by atoms with van der Waals surface area (Å²) in [4.78, 5) is 8.13. The topological polar surface area (TPSA) is 37.8 Å². The fraction of sp³-hybridized carbons (Fsp3) is 0.286. The van der Waals surface area contributed by atoms with Gasteiger partial charge in [-0.2, -0.15) is 0 Å². The first-order valence-corrected chi connectivity index (χ1v) is 6.91. The Labute approximate surface area is 123 Å². The van der Waals surface area contributed by atoms with Crippen LogP contribution < -0.4 is 5.32 Å². The third kappa shape index (κ3) is 3.66. The molecule has 0 aliphatic carbocycles. The van der Waals surface area contributed by atoms with E-state index in [1.807, 2.05) is 12.1 Å². The number of rotatable bonds is 5. The molecule has 1 heterocycles. The van der Waals surface area contributed by atoms with Crippen molar-refractivity contribution in [3.8, 4) is 0 Å². The summed E-state index contributed by atoms with van der Waals surface area (Å²) in [6.45, 7) is 3.01. The molecule has 1 atom stereocenters. The van der Waals surface area contributed by atoms with Crippen LogP contribution in [0.2, 0.25) is 10.0 Å². The number of hydrogen-bond donors (Lipinski definition) is 1. The monoisotopic (exact) mass is 295 g/mol. The summed E-state index contributed by atoms with van der Waals surface area (Å²) in [6.07, 6.45) is 6.15. The van der Waals surface area contributed by atoms with Gasteiger partial charge in [0.25, 0.3) is 0 Å². The van der Waals surface area contributed by atoms with Crippen LogP contribution in [0.25, 0.3) is 0 Å². The first-order chi connectivity index (χ1) is 9.22. The van der Waals surface area contributed by atoms with Gasteiger partial charge in [-0.15, -0.1) is 0 Å². The van der Waals surface area contributed by atoms with Gasteiger partial charge in [0.1, 0.15) is 6.33 Å². The van der Waals surface area contributed by atoms with Crippen molar-refractivity contribution < 1.29 is 0 Å². The van der Waals surface area contributed by atoms with Crippen molar-refractivity contribution in [3.05, 3.63) is 58.1 Å². The summed E-state index contributed by atoms with van der Waals surface area (Å²) in [5.74, 6) is 0. The van der Waals surface area contributed by atoms with Gasteiger partial charge >= 0.3 is 0 Å². The maximum atomic E-state index is 6.29. The van der Waals surface area contributed by atoms with Crippen LogP contribution >= 0.6 is 23.2 Å². The zero-order valence-corrected chi connectivity index (χ0v) is 12.1. The van der Waals surface area contributed by atoms with Crippen molar-refractivity contribution in [2.75, 3.05) is 6.54 Å². The van der Waals surface area contributed by atoms with Crippen LogP contribution in [0, 0.1) is 0 Å².